The van der Waals surface area contributed by atoms with Crippen LogP contribution in [-0.2, 0) is 14.3 Å². The third-order valence-corrected chi connectivity index (χ3v) is 15.0. The number of carbonyl (C=O) groups excluding carboxylic acids is 2. The van der Waals surface area contributed by atoms with Crippen molar-refractivity contribution in [1.82, 2.24) is 5.32 Å². The van der Waals surface area contributed by atoms with Gasteiger partial charge >= 0.3 is 5.97 Å². The van der Waals surface area contributed by atoms with E-state index in [-0.39, 0.29) is 18.5 Å². The summed E-state index contributed by atoms with van der Waals surface area (Å²) in [5.74, 6) is -0.0522. The molecule has 2 unspecified atom stereocenters. The van der Waals surface area contributed by atoms with Gasteiger partial charge in [0.25, 0.3) is 0 Å². The van der Waals surface area contributed by atoms with Crippen LogP contribution in [0.15, 0.2) is 24.3 Å². The van der Waals surface area contributed by atoms with Crippen molar-refractivity contribution in [3.05, 3.63) is 24.3 Å². The van der Waals surface area contributed by atoms with Crippen LogP contribution in [0.1, 0.15) is 354 Å². The number of rotatable bonds is 60. The van der Waals surface area contributed by atoms with Crippen molar-refractivity contribution in [3.63, 3.8) is 0 Å². The average molecular weight is 1000 g/mol. The first-order chi connectivity index (χ1) is 35.0. The molecule has 0 fully saturated rings. The zero-order valence-corrected chi connectivity index (χ0v) is 48.0. The molecule has 0 bridgehead atoms. The highest BCUT2D eigenvalue weighted by Gasteiger charge is 2.20. The van der Waals surface area contributed by atoms with E-state index in [1.807, 2.05) is 0 Å². The molecular weight excluding hydrogens is 875 g/mol. The minimum absolute atomic E-state index is 0.00802. The van der Waals surface area contributed by atoms with Crippen molar-refractivity contribution >= 4 is 11.9 Å². The molecule has 0 aromatic rings. The number of hydrogen-bond donors (Lipinski definition) is 3. The first-order valence-electron chi connectivity index (χ1n) is 32.1. The van der Waals surface area contributed by atoms with Gasteiger partial charge in [0.15, 0.2) is 0 Å². The van der Waals surface area contributed by atoms with Gasteiger partial charge in [0.2, 0.25) is 5.91 Å². The van der Waals surface area contributed by atoms with Gasteiger partial charge in [-0.1, -0.05) is 308 Å². The Morgan fingerprint density at radius 1 is 0.394 bits per heavy atom. The molecule has 0 aliphatic carbocycles. The fourth-order valence-electron chi connectivity index (χ4n) is 10.1. The number of aliphatic hydroxyl groups is 2. The molecule has 0 saturated carbocycles. The van der Waals surface area contributed by atoms with Crippen LogP contribution in [0.5, 0.6) is 0 Å². The average Bonchev–Trinajstić information content (AvgIpc) is 3.37. The van der Waals surface area contributed by atoms with Crippen LogP contribution in [0.25, 0.3) is 0 Å². The molecule has 6 heteroatoms. The molecule has 0 heterocycles. The summed E-state index contributed by atoms with van der Waals surface area (Å²) < 4.78 is 5.49. The zero-order valence-electron chi connectivity index (χ0n) is 48.0. The number of nitrogens with one attached hydrogen (secondary N) is 1. The third-order valence-electron chi connectivity index (χ3n) is 15.0. The van der Waals surface area contributed by atoms with E-state index in [0.29, 0.717) is 25.9 Å². The quantitative estimate of drug-likeness (QED) is 0.0320. The predicted molar refractivity (Wildman–Crippen MR) is 310 cm³/mol. The summed E-state index contributed by atoms with van der Waals surface area (Å²) in [4.78, 5) is 24.6. The summed E-state index contributed by atoms with van der Waals surface area (Å²) >= 11 is 0. The SMILES string of the molecule is CCCCC/C=C\C/C=C\CCCCCCCCCCCC(=O)OCCCCCCCCCCCCCCCC(=O)NC(CO)C(O)CCCCCCCCCCCCCCCCCCCCCCCC. The smallest absolute Gasteiger partial charge is 0.305 e. The lowest BCUT2D eigenvalue weighted by atomic mass is 10.0. The Kier molecular flexibility index (Phi) is 59.5. The maximum absolute atomic E-state index is 12.5. The Hall–Kier alpha value is -1.66. The molecule has 0 aliphatic heterocycles. The van der Waals surface area contributed by atoms with Crippen LogP contribution in [0, 0.1) is 0 Å². The Bertz CT molecular complexity index is 1110. The number of unbranched alkanes of at least 4 members (excludes halogenated alkanes) is 45. The lowest BCUT2D eigenvalue weighted by molar-refractivity contribution is -0.143. The van der Waals surface area contributed by atoms with Crippen molar-refractivity contribution in [3.8, 4) is 0 Å². The fraction of sp³-hybridized carbons (Fsp3) is 0.908. The molecule has 0 aromatic heterocycles. The molecule has 2 atom stereocenters. The standard InChI is InChI=1S/C65H125NO5/c1-3-5-7-9-11-13-15-17-19-21-23-24-25-27-28-30-33-37-41-45-49-53-57-63(68)62(61-67)66-64(69)58-54-50-46-42-38-34-32-36-40-44-48-52-56-60-71-65(70)59-55-51-47-43-39-35-31-29-26-22-20-18-16-14-12-10-8-6-4-2/h12,14,18,20,62-63,67-68H,3-11,13,15-17,19,21-61H2,1-2H3,(H,66,69)/b14-12-,20-18-. The van der Waals surface area contributed by atoms with Crippen molar-refractivity contribution in [2.45, 2.75) is 366 Å². The Labute approximate surface area is 443 Å². The number of allylic oxidation sites excluding steroid dienone is 4. The molecule has 0 radical (unpaired) electrons. The van der Waals surface area contributed by atoms with Gasteiger partial charge in [-0.2, -0.15) is 0 Å². The van der Waals surface area contributed by atoms with Crippen molar-refractivity contribution in [2.75, 3.05) is 13.2 Å². The molecule has 3 N–H and O–H groups in total. The Morgan fingerprint density at radius 2 is 0.704 bits per heavy atom. The number of esters is 1. The maximum Gasteiger partial charge on any atom is 0.305 e. The second kappa shape index (κ2) is 60.9. The van der Waals surface area contributed by atoms with E-state index in [1.165, 1.54) is 263 Å². The molecule has 71 heavy (non-hydrogen) atoms. The largest absolute Gasteiger partial charge is 0.466 e. The molecule has 0 rings (SSSR count). The van der Waals surface area contributed by atoms with Crippen LogP contribution in [0.4, 0.5) is 0 Å². The summed E-state index contributed by atoms with van der Waals surface area (Å²) in [6.07, 6.45) is 74.7. The summed E-state index contributed by atoms with van der Waals surface area (Å²) in [5.41, 5.74) is 0. The summed E-state index contributed by atoms with van der Waals surface area (Å²) in [6, 6.07) is -0.553. The van der Waals surface area contributed by atoms with E-state index in [2.05, 4.69) is 43.5 Å². The first kappa shape index (κ1) is 69.3. The van der Waals surface area contributed by atoms with Crippen LogP contribution in [0.3, 0.4) is 0 Å². The second-order valence-electron chi connectivity index (χ2n) is 22.1. The molecular formula is C65H125NO5. The monoisotopic (exact) mass is 1000 g/mol. The third kappa shape index (κ3) is 57.5. The predicted octanol–water partition coefficient (Wildman–Crippen LogP) is 20.2. The van der Waals surface area contributed by atoms with Crippen molar-refractivity contribution < 1.29 is 24.5 Å². The number of carbonyl (C=O) groups is 2. The van der Waals surface area contributed by atoms with E-state index in [9.17, 15) is 19.8 Å². The minimum atomic E-state index is -0.674. The van der Waals surface area contributed by atoms with E-state index < -0.39 is 12.1 Å². The van der Waals surface area contributed by atoms with E-state index in [1.54, 1.807) is 0 Å². The van der Waals surface area contributed by atoms with Crippen LogP contribution < -0.4 is 5.32 Å². The van der Waals surface area contributed by atoms with Gasteiger partial charge in [0.05, 0.1) is 25.4 Å². The molecule has 6 nitrogen and oxygen atoms in total. The second-order valence-corrected chi connectivity index (χ2v) is 22.1. The van der Waals surface area contributed by atoms with E-state index >= 15 is 0 Å². The van der Waals surface area contributed by atoms with Crippen LogP contribution in [0.2, 0.25) is 0 Å². The van der Waals surface area contributed by atoms with Crippen molar-refractivity contribution in [2.24, 2.45) is 0 Å². The number of amides is 1. The van der Waals surface area contributed by atoms with Gasteiger partial charge in [-0.15, -0.1) is 0 Å². The normalized spacial score (nSPS) is 12.7. The summed E-state index contributed by atoms with van der Waals surface area (Å²) in [6.45, 7) is 4.93. The van der Waals surface area contributed by atoms with Gasteiger partial charge < -0.3 is 20.3 Å². The van der Waals surface area contributed by atoms with Gasteiger partial charge in [-0.05, 0) is 57.8 Å². The van der Waals surface area contributed by atoms with Crippen LogP contribution in [-0.4, -0.2) is 47.4 Å². The molecule has 0 spiro atoms. The highest BCUT2D eigenvalue weighted by atomic mass is 16.5. The Balaban J connectivity index is 3.43. The van der Waals surface area contributed by atoms with Gasteiger partial charge in [0, 0.05) is 12.8 Å². The minimum Gasteiger partial charge on any atom is -0.466 e. The van der Waals surface area contributed by atoms with Gasteiger partial charge in [-0.25, -0.2) is 0 Å². The fourth-order valence-corrected chi connectivity index (χ4v) is 10.1. The topological polar surface area (TPSA) is 95.9 Å². The summed E-state index contributed by atoms with van der Waals surface area (Å²) in [7, 11) is 0. The van der Waals surface area contributed by atoms with E-state index in [0.717, 1.165) is 57.8 Å². The molecule has 0 aromatic carbocycles. The first-order valence-corrected chi connectivity index (χ1v) is 32.1. The molecule has 0 aliphatic rings. The lowest BCUT2D eigenvalue weighted by Crippen LogP contribution is -2.45. The Morgan fingerprint density at radius 3 is 1.10 bits per heavy atom. The van der Waals surface area contributed by atoms with Gasteiger partial charge in [-0.3, -0.25) is 9.59 Å². The number of aliphatic hydroxyl groups excluding tert-OH is 2. The molecule has 420 valence electrons. The van der Waals surface area contributed by atoms with Gasteiger partial charge in [0.1, 0.15) is 0 Å². The molecule has 1 amide bonds. The highest BCUT2D eigenvalue weighted by Crippen LogP contribution is 2.18. The number of hydrogen-bond acceptors (Lipinski definition) is 5. The summed E-state index contributed by atoms with van der Waals surface area (Å²) in [5, 5.41) is 23.4. The van der Waals surface area contributed by atoms with Crippen LogP contribution >= 0.6 is 0 Å². The number of ether oxygens (including phenoxy) is 1. The maximum atomic E-state index is 12.5. The molecule has 0 saturated heterocycles. The van der Waals surface area contributed by atoms with E-state index in [4.69, 9.17) is 4.74 Å². The lowest BCUT2D eigenvalue weighted by Gasteiger charge is -2.22. The van der Waals surface area contributed by atoms with Crippen molar-refractivity contribution in [1.29, 1.82) is 0 Å². The zero-order chi connectivity index (χ0) is 51.4. The highest BCUT2D eigenvalue weighted by molar-refractivity contribution is 5.76.